The SMILES string of the molecule is C[C@H]1Oc2nc(cnc2N)-c2c(nn(C)c2C#N)N(C)N(C)Cc2ccc(F)cc21. The Bertz CT molecular complexity index is 1170. The van der Waals surface area contributed by atoms with Crippen LogP contribution in [-0.4, -0.2) is 38.9 Å². The lowest BCUT2D eigenvalue weighted by Crippen LogP contribution is -2.37. The van der Waals surface area contributed by atoms with Crippen LogP contribution in [0.2, 0.25) is 0 Å². The Morgan fingerprint density at radius 2 is 2.07 bits per heavy atom. The van der Waals surface area contributed by atoms with E-state index in [0.717, 1.165) is 5.56 Å². The number of nitrogens with zero attached hydrogens (tertiary/aromatic N) is 7. The number of rotatable bonds is 0. The van der Waals surface area contributed by atoms with Crippen molar-refractivity contribution in [2.75, 3.05) is 24.8 Å². The number of ether oxygens (including phenoxy) is 1. The van der Waals surface area contributed by atoms with Crippen LogP contribution in [0.15, 0.2) is 24.4 Å². The first-order valence-electron chi connectivity index (χ1n) is 9.30. The van der Waals surface area contributed by atoms with Crippen LogP contribution in [0.5, 0.6) is 5.88 Å². The molecule has 0 spiro atoms. The molecule has 1 aliphatic rings. The summed E-state index contributed by atoms with van der Waals surface area (Å²) in [5.74, 6) is 0.394. The third-order valence-corrected chi connectivity index (χ3v) is 5.21. The van der Waals surface area contributed by atoms with E-state index in [1.54, 1.807) is 20.0 Å². The van der Waals surface area contributed by atoms with E-state index in [0.29, 0.717) is 34.9 Å². The van der Waals surface area contributed by atoms with Gasteiger partial charge in [-0.1, -0.05) is 6.07 Å². The highest BCUT2D eigenvalue weighted by atomic mass is 19.1. The Balaban J connectivity index is 1.98. The van der Waals surface area contributed by atoms with Gasteiger partial charge in [0.25, 0.3) is 5.88 Å². The first kappa shape index (κ1) is 19.6. The molecule has 0 unspecified atom stereocenters. The van der Waals surface area contributed by atoms with E-state index < -0.39 is 6.10 Å². The molecule has 0 saturated carbocycles. The van der Waals surface area contributed by atoms with Crippen LogP contribution in [-0.2, 0) is 13.6 Å². The van der Waals surface area contributed by atoms with E-state index in [1.165, 1.54) is 23.0 Å². The average molecular weight is 408 g/mol. The van der Waals surface area contributed by atoms with Gasteiger partial charge in [-0.2, -0.15) is 10.4 Å². The minimum atomic E-state index is -0.524. The van der Waals surface area contributed by atoms with Crippen molar-refractivity contribution in [2.24, 2.45) is 7.05 Å². The van der Waals surface area contributed by atoms with Crippen LogP contribution in [0.4, 0.5) is 16.0 Å². The van der Waals surface area contributed by atoms with Crippen molar-refractivity contribution < 1.29 is 9.13 Å². The molecule has 1 atom stereocenters. The van der Waals surface area contributed by atoms with Gasteiger partial charge in [-0.15, -0.1) is 0 Å². The van der Waals surface area contributed by atoms with Crippen LogP contribution in [0.25, 0.3) is 11.3 Å². The summed E-state index contributed by atoms with van der Waals surface area (Å²) in [6.07, 6.45) is 0.964. The molecule has 154 valence electrons. The lowest BCUT2D eigenvalue weighted by molar-refractivity contribution is 0.214. The molecular weight excluding hydrogens is 387 g/mol. The topological polar surface area (TPSA) is 109 Å². The van der Waals surface area contributed by atoms with Crippen LogP contribution in [0.1, 0.15) is 29.8 Å². The molecule has 0 radical (unpaired) electrons. The molecule has 2 aromatic heterocycles. The molecule has 0 saturated heterocycles. The van der Waals surface area contributed by atoms with E-state index in [1.807, 2.05) is 24.1 Å². The van der Waals surface area contributed by atoms with Crippen molar-refractivity contribution in [1.29, 1.82) is 5.26 Å². The molecule has 3 aromatic rings. The predicted octanol–water partition coefficient (Wildman–Crippen LogP) is 2.41. The Morgan fingerprint density at radius 1 is 1.30 bits per heavy atom. The number of nitrogens with two attached hydrogens (primary N) is 1. The van der Waals surface area contributed by atoms with Crippen molar-refractivity contribution in [3.8, 4) is 23.2 Å². The van der Waals surface area contributed by atoms with Crippen molar-refractivity contribution in [3.63, 3.8) is 0 Å². The van der Waals surface area contributed by atoms with Crippen molar-refractivity contribution >= 4 is 11.6 Å². The number of hydrazine groups is 1. The zero-order valence-corrected chi connectivity index (χ0v) is 17.1. The summed E-state index contributed by atoms with van der Waals surface area (Å²) in [6, 6.07) is 6.78. The molecule has 1 aromatic carbocycles. The molecule has 0 amide bonds. The number of hydrogen-bond acceptors (Lipinski definition) is 8. The highest BCUT2D eigenvalue weighted by Gasteiger charge is 2.27. The Hall–Kier alpha value is -3.71. The summed E-state index contributed by atoms with van der Waals surface area (Å²) < 4.78 is 21.5. The number of hydrogen-bond donors (Lipinski definition) is 1. The number of nitrogen functional groups attached to an aromatic ring is 1. The molecule has 4 rings (SSSR count). The fourth-order valence-electron chi connectivity index (χ4n) is 3.52. The van der Waals surface area contributed by atoms with E-state index >= 15 is 0 Å². The minimum Gasteiger partial charge on any atom is -0.467 e. The fourth-order valence-corrected chi connectivity index (χ4v) is 3.52. The maximum Gasteiger partial charge on any atom is 0.258 e. The quantitative estimate of drug-likeness (QED) is 0.604. The van der Waals surface area contributed by atoms with Crippen LogP contribution < -0.4 is 15.5 Å². The second-order valence-corrected chi connectivity index (χ2v) is 7.17. The number of aryl methyl sites for hydroxylation is 1. The lowest BCUT2D eigenvalue weighted by atomic mass is 10.0. The summed E-state index contributed by atoms with van der Waals surface area (Å²) in [5.41, 5.74) is 8.82. The van der Waals surface area contributed by atoms with Crippen molar-refractivity contribution in [1.82, 2.24) is 24.8 Å². The lowest BCUT2D eigenvalue weighted by Gasteiger charge is -2.31. The minimum absolute atomic E-state index is 0.107. The van der Waals surface area contributed by atoms with E-state index in [-0.39, 0.29) is 17.5 Å². The Kier molecular flexibility index (Phi) is 4.75. The average Bonchev–Trinajstić information content (AvgIpc) is 3.05. The van der Waals surface area contributed by atoms with Crippen molar-refractivity contribution in [2.45, 2.75) is 19.6 Å². The molecule has 10 heteroatoms. The number of nitriles is 1. The molecule has 30 heavy (non-hydrogen) atoms. The van der Waals surface area contributed by atoms with Gasteiger partial charge >= 0.3 is 0 Å². The second-order valence-electron chi connectivity index (χ2n) is 7.17. The smallest absolute Gasteiger partial charge is 0.258 e. The monoisotopic (exact) mass is 408 g/mol. The largest absolute Gasteiger partial charge is 0.467 e. The van der Waals surface area contributed by atoms with E-state index in [2.05, 4.69) is 21.1 Å². The van der Waals surface area contributed by atoms with Gasteiger partial charge in [0.2, 0.25) is 0 Å². The van der Waals surface area contributed by atoms with Gasteiger partial charge in [0.15, 0.2) is 11.6 Å². The fraction of sp³-hybridized carbons (Fsp3) is 0.300. The molecule has 1 aliphatic heterocycles. The molecule has 0 fully saturated rings. The predicted molar refractivity (Wildman–Crippen MR) is 109 cm³/mol. The third kappa shape index (κ3) is 3.19. The summed E-state index contributed by atoms with van der Waals surface area (Å²) in [4.78, 5) is 8.72. The van der Waals surface area contributed by atoms with E-state index in [9.17, 15) is 9.65 Å². The number of fused-ring (bicyclic) bond motifs is 5. The normalized spacial score (nSPS) is 16.5. The number of anilines is 2. The zero-order chi connectivity index (χ0) is 21.6. The van der Waals surface area contributed by atoms with Crippen LogP contribution in [0, 0.1) is 17.1 Å². The van der Waals surface area contributed by atoms with Gasteiger partial charge in [-0.3, -0.25) is 9.69 Å². The van der Waals surface area contributed by atoms with Gasteiger partial charge in [-0.05, 0) is 30.2 Å². The van der Waals surface area contributed by atoms with E-state index in [4.69, 9.17) is 10.5 Å². The Labute approximate surface area is 173 Å². The number of aromatic nitrogens is 4. The summed E-state index contributed by atoms with van der Waals surface area (Å²) in [6.45, 7) is 2.27. The zero-order valence-electron chi connectivity index (χ0n) is 17.1. The van der Waals surface area contributed by atoms with Gasteiger partial charge in [0.1, 0.15) is 23.7 Å². The van der Waals surface area contributed by atoms with Gasteiger partial charge in [0, 0.05) is 27.7 Å². The summed E-state index contributed by atoms with van der Waals surface area (Å²) in [7, 11) is 5.42. The summed E-state index contributed by atoms with van der Waals surface area (Å²) >= 11 is 0. The molecule has 9 nitrogen and oxygen atoms in total. The Morgan fingerprint density at radius 3 is 2.80 bits per heavy atom. The molecule has 3 heterocycles. The maximum absolute atomic E-state index is 14.0. The van der Waals surface area contributed by atoms with Crippen molar-refractivity contribution in [3.05, 3.63) is 47.0 Å². The third-order valence-electron chi connectivity index (χ3n) is 5.21. The molecular formula is C20H21FN8O. The van der Waals surface area contributed by atoms with Gasteiger partial charge < -0.3 is 10.5 Å². The maximum atomic E-state index is 14.0. The van der Waals surface area contributed by atoms with Gasteiger partial charge in [-0.25, -0.2) is 19.4 Å². The van der Waals surface area contributed by atoms with Crippen LogP contribution in [0.3, 0.4) is 0 Å². The second kappa shape index (κ2) is 7.27. The highest BCUT2D eigenvalue weighted by Crippen LogP contribution is 2.36. The molecule has 2 bridgehead atoms. The summed E-state index contributed by atoms with van der Waals surface area (Å²) in [5, 5.41) is 18.0. The highest BCUT2D eigenvalue weighted by molar-refractivity contribution is 5.78. The number of halogens is 1. The standard InChI is InChI=1S/C20H21FN8O/c1-11-14-7-13(21)6-5-12(14)10-27(2)29(4)19-17(16(8-22)28(3)26-19)15-9-24-18(23)20(25-15)30-11/h5-7,9,11H,10H2,1-4H3,(H2,23,24)/t11-/m1/s1. The van der Waals surface area contributed by atoms with Gasteiger partial charge in [0.05, 0.1) is 17.5 Å². The molecule has 0 aliphatic carbocycles. The first-order chi connectivity index (χ1) is 14.3. The first-order valence-corrected chi connectivity index (χ1v) is 9.30. The molecule has 2 N–H and O–H groups in total. The number of benzene rings is 1. The van der Waals surface area contributed by atoms with Crippen LogP contribution >= 0.6 is 0 Å².